The summed E-state index contributed by atoms with van der Waals surface area (Å²) in [6, 6.07) is 7.15. The van der Waals surface area contributed by atoms with Gasteiger partial charge in [0.15, 0.2) is 0 Å². The van der Waals surface area contributed by atoms with Crippen LogP contribution in [0.2, 0.25) is 0 Å². The lowest BCUT2D eigenvalue weighted by Gasteiger charge is -2.22. The quantitative estimate of drug-likeness (QED) is 0.401. The van der Waals surface area contributed by atoms with Crippen LogP contribution in [0.15, 0.2) is 24.3 Å². The second-order valence-corrected chi connectivity index (χ2v) is 8.87. The van der Waals surface area contributed by atoms with Gasteiger partial charge >= 0.3 is 5.97 Å². The normalized spacial score (nSPS) is 13.9. The summed E-state index contributed by atoms with van der Waals surface area (Å²) in [7, 11) is 0. The second kappa shape index (κ2) is 11.0. The Morgan fingerprint density at radius 1 is 1.04 bits per heavy atom. The van der Waals surface area contributed by atoms with Gasteiger partial charge in [-0.15, -0.1) is 0 Å². The van der Waals surface area contributed by atoms with Crippen LogP contribution in [0.4, 0.5) is 0 Å². The first-order valence-electron chi connectivity index (χ1n) is 9.09. The van der Waals surface area contributed by atoms with E-state index in [2.05, 4.69) is 46.9 Å². The maximum Gasteiger partial charge on any atom is 0.323 e. The molecule has 0 fully saturated rings. The van der Waals surface area contributed by atoms with Crippen molar-refractivity contribution in [3.05, 3.63) is 33.4 Å². The number of Topliss-reactive ketones (excluding diaryl/α,β-unsaturated/α-hetero) is 1. The van der Waals surface area contributed by atoms with Gasteiger partial charge in [-0.2, -0.15) is 0 Å². The zero-order chi connectivity index (χ0) is 19.7. The Morgan fingerprint density at radius 2 is 1.62 bits per heavy atom. The molecule has 0 heterocycles. The highest BCUT2D eigenvalue weighted by atomic mass is 127. The van der Waals surface area contributed by atoms with Crippen molar-refractivity contribution >= 4 is 34.3 Å². The number of halogens is 1. The third-order valence-electron chi connectivity index (χ3n) is 3.96. The van der Waals surface area contributed by atoms with Crippen molar-refractivity contribution in [3.8, 4) is 0 Å². The Hall–Kier alpha value is -0.990. The summed E-state index contributed by atoms with van der Waals surface area (Å²) in [5.74, 6) is -0.337. The molecule has 1 unspecified atom stereocenters. The minimum atomic E-state index is -0.669. The molecular formula is C20H31IN2O3. The minimum Gasteiger partial charge on any atom is -0.459 e. The molecule has 0 aliphatic rings. The van der Waals surface area contributed by atoms with Crippen molar-refractivity contribution in [2.45, 2.75) is 77.0 Å². The molecule has 1 rings (SSSR count). The molecule has 0 saturated heterocycles. The Labute approximate surface area is 170 Å². The first kappa shape index (κ1) is 23.0. The molecule has 0 aliphatic carbocycles. The molecule has 0 spiro atoms. The monoisotopic (exact) mass is 474 g/mol. The Balaban J connectivity index is 2.23. The Kier molecular flexibility index (Phi) is 9.74. The van der Waals surface area contributed by atoms with Gasteiger partial charge in [0.1, 0.15) is 17.4 Å². The number of hydrogen-bond donors (Lipinski definition) is 2. The van der Waals surface area contributed by atoms with Crippen molar-refractivity contribution in [2.24, 2.45) is 11.5 Å². The van der Waals surface area contributed by atoms with Crippen LogP contribution in [0.5, 0.6) is 0 Å². The standard InChI is InChI=1S/C20H31IN2O3/c1-20(2,3)26-19(25)17(23)8-5-7-16(22)18(24)9-4-6-14-10-12-15(21)13-11-14/h10-13,16-17H,4-9,22-23H2,1-3H3/t16?,17-/m0/s1. The number of ketones is 1. The van der Waals surface area contributed by atoms with Crippen LogP contribution in [0.1, 0.15) is 58.4 Å². The molecule has 5 nitrogen and oxygen atoms in total. The highest BCUT2D eigenvalue weighted by molar-refractivity contribution is 14.1. The van der Waals surface area contributed by atoms with E-state index in [1.54, 1.807) is 0 Å². The van der Waals surface area contributed by atoms with Crippen molar-refractivity contribution in [1.82, 2.24) is 0 Å². The molecule has 146 valence electrons. The smallest absolute Gasteiger partial charge is 0.323 e. The van der Waals surface area contributed by atoms with Gasteiger partial charge in [-0.3, -0.25) is 9.59 Å². The molecular weight excluding hydrogens is 443 g/mol. The molecule has 0 aliphatic heterocycles. The van der Waals surface area contributed by atoms with E-state index < -0.39 is 23.7 Å². The van der Waals surface area contributed by atoms with Gasteiger partial charge in [0.2, 0.25) is 0 Å². The van der Waals surface area contributed by atoms with E-state index in [0.29, 0.717) is 25.7 Å². The van der Waals surface area contributed by atoms with E-state index >= 15 is 0 Å². The molecule has 2 atom stereocenters. The van der Waals surface area contributed by atoms with E-state index in [0.717, 1.165) is 12.8 Å². The van der Waals surface area contributed by atoms with Gasteiger partial charge < -0.3 is 16.2 Å². The number of carbonyl (C=O) groups is 2. The zero-order valence-corrected chi connectivity index (χ0v) is 18.1. The fourth-order valence-corrected chi connectivity index (χ4v) is 2.88. The topological polar surface area (TPSA) is 95.4 Å². The molecule has 0 bridgehead atoms. The number of carbonyl (C=O) groups excluding carboxylic acids is 2. The molecule has 1 aromatic rings. The molecule has 1 aromatic carbocycles. The lowest BCUT2D eigenvalue weighted by molar-refractivity contribution is -0.156. The first-order valence-corrected chi connectivity index (χ1v) is 10.2. The van der Waals surface area contributed by atoms with Gasteiger partial charge in [0.25, 0.3) is 0 Å². The van der Waals surface area contributed by atoms with E-state index in [1.807, 2.05) is 20.8 Å². The number of nitrogens with two attached hydrogens (primary N) is 2. The van der Waals surface area contributed by atoms with Crippen LogP contribution >= 0.6 is 22.6 Å². The molecule has 0 amide bonds. The van der Waals surface area contributed by atoms with Gasteiger partial charge in [0.05, 0.1) is 6.04 Å². The fraction of sp³-hybridized carbons (Fsp3) is 0.600. The van der Waals surface area contributed by atoms with E-state index in [-0.39, 0.29) is 5.78 Å². The van der Waals surface area contributed by atoms with Gasteiger partial charge in [-0.1, -0.05) is 12.1 Å². The van der Waals surface area contributed by atoms with Crippen LogP contribution in [-0.4, -0.2) is 29.4 Å². The van der Waals surface area contributed by atoms with Crippen molar-refractivity contribution < 1.29 is 14.3 Å². The summed E-state index contributed by atoms with van der Waals surface area (Å²) in [6.45, 7) is 5.42. The van der Waals surface area contributed by atoms with Gasteiger partial charge in [-0.05, 0) is 93.2 Å². The van der Waals surface area contributed by atoms with Crippen molar-refractivity contribution in [2.75, 3.05) is 0 Å². The van der Waals surface area contributed by atoms with Crippen LogP contribution in [-0.2, 0) is 20.7 Å². The fourth-order valence-electron chi connectivity index (χ4n) is 2.52. The number of hydrogen-bond acceptors (Lipinski definition) is 5. The third-order valence-corrected chi connectivity index (χ3v) is 4.67. The first-order chi connectivity index (χ1) is 12.1. The van der Waals surface area contributed by atoms with Crippen LogP contribution in [0, 0.1) is 3.57 Å². The summed E-state index contributed by atoms with van der Waals surface area (Å²) in [5.41, 5.74) is 12.5. The molecule has 26 heavy (non-hydrogen) atoms. The number of aryl methyl sites for hydroxylation is 1. The SMILES string of the molecule is CC(C)(C)OC(=O)[C@@H](N)CCCC(N)C(=O)CCCc1ccc(I)cc1. The van der Waals surface area contributed by atoms with Crippen LogP contribution in [0.3, 0.4) is 0 Å². The third kappa shape index (κ3) is 9.64. The molecule has 4 N–H and O–H groups in total. The maximum absolute atomic E-state index is 12.1. The number of benzene rings is 1. The second-order valence-electron chi connectivity index (χ2n) is 7.62. The van der Waals surface area contributed by atoms with E-state index in [9.17, 15) is 9.59 Å². The predicted molar refractivity (Wildman–Crippen MR) is 113 cm³/mol. The maximum atomic E-state index is 12.1. The van der Waals surface area contributed by atoms with Crippen LogP contribution < -0.4 is 11.5 Å². The lowest BCUT2D eigenvalue weighted by atomic mass is 9.99. The highest BCUT2D eigenvalue weighted by Crippen LogP contribution is 2.13. The highest BCUT2D eigenvalue weighted by Gasteiger charge is 2.22. The minimum absolute atomic E-state index is 0.0707. The molecule has 6 heteroatoms. The summed E-state index contributed by atoms with van der Waals surface area (Å²) in [6.07, 6.45) is 3.79. The Morgan fingerprint density at radius 3 is 2.19 bits per heavy atom. The van der Waals surface area contributed by atoms with E-state index in [1.165, 1.54) is 9.13 Å². The predicted octanol–water partition coefficient (Wildman–Crippen LogP) is 3.35. The summed E-state index contributed by atoms with van der Waals surface area (Å²) in [5, 5.41) is 0. The summed E-state index contributed by atoms with van der Waals surface area (Å²) >= 11 is 2.27. The number of ether oxygens (including phenoxy) is 1. The largest absolute Gasteiger partial charge is 0.459 e. The van der Waals surface area contributed by atoms with Gasteiger partial charge in [-0.25, -0.2) is 0 Å². The zero-order valence-electron chi connectivity index (χ0n) is 16.0. The average molecular weight is 474 g/mol. The summed E-state index contributed by atoms with van der Waals surface area (Å²) in [4.78, 5) is 24.0. The van der Waals surface area contributed by atoms with Crippen molar-refractivity contribution in [1.29, 1.82) is 0 Å². The average Bonchev–Trinajstić information content (AvgIpc) is 2.54. The summed E-state index contributed by atoms with van der Waals surface area (Å²) < 4.78 is 6.45. The number of esters is 1. The molecule has 0 aromatic heterocycles. The molecule has 0 saturated carbocycles. The molecule has 0 radical (unpaired) electrons. The van der Waals surface area contributed by atoms with Crippen molar-refractivity contribution in [3.63, 3.8) is 0 Å². The van der Waals surface area contributed by atoms with Gasteiger partial charge in [0, 0.05) is 9.99 Å². The number of rotatable bonds is 10. The Bertz CT molecular complexity index is 582. The lowest BCUT2D eigenvalue weighted by Crippen LogP contribution is -2.38. The van der Waals surface area contributed by atoms with E-state index in [4.69, 9.17) is 16.2 Å². The van der Waals surface area contributed by atoms with Crippen LogP contribution in [0.25, 0.3) is 0 Å².